The first-order valence-corrected chi connectivity index (χ1v) is 15.1. The van der Waals surface area contributed by atoms with Gasteiger partial charge in [0.1, 0.15) is 11.5 Å². The summed E-state index contributed by atoms with van der Waals surface area (Å²) in [6.07, 6.45) is -0.437. The van der Waals surface area contributed by atoms with Crippen LogP contribution in [0.2, 0.25) is 0 Å². The van der Waals surface area contributed by atoms with E-state index in [2.05, 4.69) is 0 Å². The van der Waals surface area contributed by atoms with Gasteiger partial charge >= 0.3 is 7.67 Å². The molecule has 3 aromatic rings. The summed E-state index contributed by atoms with van der Waals surface area (Å²) in [5.41, 5.74) is 8.70. The van der Waals surface area contributed by atoms with Gasteiger partial charge in [-0.3, -0.25) is 4.57 Å². The molecule has 1 aliphatic heterocycles. The van der Waals surface area contributed by atoms with Crippen LogP contribution in [0.15, 0.2) is 72.8 Å². The lowest BCUT2D eigenvalue weighted by atomic mass is 9.78. The highest BCUT2D eigenvalue weighted by Crippen LogP contribution is 2.51. The molecule has 0 saturated carbocycles. The van der Waals surface area contributed by atoms with Crippen LogP contribution in [0.5, 0.6) is 11.5 Å². The molecule has 0 aliphatic carbocycles. The van der Waals surface area contributed by atoms with Crippen LogP contribution < -0.4 is 15.0 Å². The first-order chi connectivity index (χ1) is 18.4. The van der Waals surface area contributed by atoms with Gasteiger partial charge in [0.2, 0.25) is 6.29 Å². The van der Waals surface area contributed by atoms with Crippen LogP contribution in [0, 0.1) is 6.92 Å². The molecule has 1 aliphatic rings. The van der Waals surface area contributed by atoms with Crippen molar-refractivity contribution in [2.45, 2.75) is 25.2 Å². The highest BCUT2D eigenvalue weighted by Gasteiger charge is 2.47. The molecule has 0 spiro atoms. The van der Waals surface area contributed by atoms with E-state index in [1.807, 2.05) is 79.7 Å². The van der Waals surface area contributed by atoms with Crippen molar-refractivity contribution in [3.63, 3.8) is 0 Å². The first kappa shape index (κ1) is 28.9. The van der Waals surface area contributed by atoms with Crippen LogP contribution in [-0.2, 0) is 19.4 Å². The van der Waals surface area contributed by atoms with Crippen LogP contribution in [0.3, 0.4) is 0 Å². The Morgan fingerprint density at radius 1 is 1.00 bits per heavy atom. The minimum Gasteiger partial charge on any atom is -0.497 e. The monoisotopic (exact) mass is 578 g/mol. The van der Waals surface area contributed by atoms with Crippen LogP contribution in [0.1, 0.15) is 28.7 Å². The maximum atomic E-state index is 13.1. The molecule has 10 heteroatoms. The van der Waals surface area contributed by atoms with E-state index in [0.29, 0.717) is 24.6 Å². The quantitative estimate of drug-likeness (QED) is 0.200. The van der Waals surface area contributed by atoms with Crippen molar-refractivity contribution in [2.24, 2.45) is 5.50 Å². The molecule has 204 valence electrons. The molecule has 2 atom stereocenters. The van der Waals surface area contributed by atoms with Crippen molar-refractivity contribution in [1.82, 2.24) is 4.67 Å². The third kappa shape index (κ3) is 6.05. The van der Waals surface area contributed by atoms with Crippen LogP contribution in [0.4, 0.5) is 0 Å². The van der Waals surface area contributed by atoms with Gasteiger partial charge < -0.3 is 18.7 Å². The minimum atomic E-state index is -3.60. The van der Waals surface area contributed by atoms with E-state index in [0.717, 1.165) is 22.3 Å². The van der Waals surface area contributed by atoms with Gasteiger partial charge in [-0.25, -0.2) is 10.2 Å². The molecule has 2 unspecified atom stereocenters. The van der Waals surface area contributed by atoms with Crippen molar-refractivity contribution in [2.75, 3.05) is 38.6 Å². The number of nitrogens with two attached hydrogens (primary N) is 1. The van der Waals surface area contributed by atoms with E-state index in [1.54, 1.807) is 7.11 Å². The summed E-state index contributed by atoms with van der Waals surface area (Å²) in [6, 6.07) is 23.9. The summed E-state index contributed by atoms with van der Waals surface area (Å²) in [5.74, 6) is 1.92. The van der Waals surface area contributed by atoms with Gasteiger partial charge in [-0.15, -0.1) is 23.2 Å². The molecule has 0 bridgehead atoms. The van der Waals surface area contributed by atoms with E-state index >= 15 is 0 Å². The molecular formula is C28H33Cl2N2O5P. The Balaban J connectivity index is 1.72. The van der Waals surface area contributed by atoms with Crippen molar-refractivity contribution in [1.29, 1.82) is 0 Å². The average Bonchev–Trinajstić information content (AvgIpc) is 2.93. The molecule has 7 nitrogen and oxygen atoms in total. The number of fused-ring (bicyclic) bond motifs is 1. The number of hydrogen-bond donors (Lipinski definition) is 1. The summed E-state index contributed by atoms with van der Waals surface area (Å²) in [4.78, 5) is 0. The van der Waals surface area contributed by atoms with E-state index < -0.39 is 19.6 Å². The van der Waals surface area contributed by atoms with Crippen LogP contribution in [-0.4, -0.2) is 49.5 Å². The maximum Gasteiger partial charge on any atom is 0.340 e. The SMILES string of the molecule is COc1cc(C)c2c(c1)C(c1ccccc1)(c1ccccc1)OC(CCOP(N)(=O)N(CCCl)CCCl)O2. The van der Waals surface area contributed by atoms with E-state index in [1.165, 1.54) is 4.67 Å². The van der Waals surface area contributed by atoms with Crippen molar-refractivity contribution in [3.05, 3.63) is 95.1 Å². The smallest absolute Gasteiger partial charge is 0.340 e. The summed E-state index contributed by atoms with van der Waals surface area (Å²) in [5, 5.41) is 0. The summed E-state index contributed by atoms with van der Waals surface area (Å²) < 4.78 is 39.1. The first-order valence-electron chi connectivity index (χ1n) is 12.4. The Kier molecular flexibility index (Phi) is 9.77. The Morgan fingerprint density at radius 3 is 2.11 bits per heavy atom. The highest BCUT2D eigenvalue weighted by atomic mass is 35.5. The number of hydrogen-bond acceptors (Lipinski definition) is 5. The number of aryl methyl sites for hydroxylation is 1. The Morgan fingerprint density at radius 2 is 1.58 bits per heavy atom. The zero-order valence-corrected chi connectivity index (χ0v) is 23.9. The van der Waals surface area contributed by atoms with Gasteiger partial charge in [0.25, 0.3) is 0 Å². The van der Waals surface area contributed by atoms with Gasteiger partial charge in [-0.2, -0.15) is 0 Å². The fraction of sp³-hybridized carbons (Fsp3) is 0.357. The highest BCUT2D eigenvalue weighted by molar-refractivity contribution is 7.53. The molecule has 4 rings (SSSR count). The Labute approximate surface area is 234 Å². The van der Waals surface area contributed by atoms with Gasteiger partial charge in [0, 0.05) is 36.8 Å². The minimum absolute atomic E-state index is 0.0453. The standard InChI is InChI=1S/C28H33Cl2N2O5P/c1-21-19-24(34-2)20-25-27(21)36-26(13-18-35-38(31,33)32(16-14-29)17-15-30)37-28(25,22-9-5-3-6-10-22)23-11-7-4-8-12-23/h3-12,19-20,26H,13-18H2,1-2H3,(H2,31,33). The molecule has 0 aromatic heterocycles. The molecular weight excluding hydrogens is 546 g/mol. The van der Waals surface area contributed by atoms with E-state index in [9.17, 15) is 4.57 Å². The van der Waals surface area contributed by atoms with Gasteiger partial charge in [-0.05, 0) is 35.7 Å². The van der Waals surface area contributed by atoms with Crippen molar-refractivity contribution >= 4 is 30.9 Å². The number of alkyl halides is 2. The zero-order valence-electron chi connectivity index (χ0n) is 21.5. The Hall–Kier alpha value is -2.09. The van der Waals surface area contributed by atoms with Crippen molar-refractivity contribution < 1.29 is 23.3 Å². The number of methoxy groups -OCH3 is 1. The number of rotatable bonds is 12. The van der Waals surface area contributed by atoms with Crippen LogP contribution >= 0.6 is 30.9 Å². The third-order valence-corrected chi connectivity index (χ3v) is 8.57. The van der Waals surface area contributed by atoms with Gasteiger partial charge in [0.05, 0.1) is 13.7 Å². The lowest BCUT2D eigenvalue weighted by Crippen LogP contribution is -2.44. The number of ether oxygens (including phenoxy) is 3. The van der Waals surface area contributed by atoms with Crippen LogP contribution in [0.25, 0.3) is 0 Å². The second-order valence-corrected chi connectivity index (χ2v) is 11.6. The average molecular weight is 579 g/mol. The number of benzene rings is 3. The predicted octanol–water partition coefficient (Wildman–Crippen LogP) is 6.28. The lowest BCUT2D eigenvalue weighted by molar-refractivity contribution is -0.169. The lowest BCUT2D eigenvalue weighted by Gasteiger charge is -2.44. The summed E-state index contributed by atoms with van der Waals surface area (Å²) in [6.45, 7) is 2.63. The fourth-order valence-electron chi connectivity index (χ4n) is 4.72. The molecule has 38 heavy (non-hydrogen) atoms. The molecule has 2 N–H and O–H groups in total. The third-order valence-electron chi connectivity index (χ3n) is 6.49. The van der Waals surface area contributed by atoms with Gasteiger partial charge in [0.15, 0.2) is 5.60 Å². The zero-order chi connectivity index (χ0) is 27.2. The largest absolute Gasteiger partial charge is 0.497 e. The molecule has 0 fully saturated rings. The second kappa shape index (κ2) is 12.8. The summed E-state index contributed by atoms with van der Waals surface area (Å²) in [7, 11) is -1.96. The fourth-order valence-corrected chi connectivity index (χ4v) is 6.65. The molecule has 0 radical (unpaired) electrons. The number of nitrogens with zero attached hydrogens (tertiary/aromatic N) is 1. The number of halogens is 2. The predicted molar refractivity (Wildman–Crippen MR) is 151 cm³/mol. The Bertz CT molecular complexity index is 1200. The molecule has 0 amide bonds. The van der Waals surface area contributed by atoms with E-state index in [-0.39, 0.29) is 24.8 Å². The summed E-state index contributed by atoms with van der Waals surface area (Å²) >= 11 is 11.7. The second-order valence-electron chi connectivity index (χ2n) is 8.92. The molecule has 1 heterocycles. The maximum absolute atomic E-state index is 13.1. The van der Waals surface area contributed by atoms with Gasteiger partial charge in [-0.1, -0.05) is 60.7 Å². The normalized spacial score (nSPS) is 17.9. The molecule has 0 saturated heterocycles. The molecule has 3 aromatic carbocycles. The topological polar surface area (TPSA) is 83.2 Å². The van der Waals surface area contributed by atoms with Crippen molar-refractivity contribution in [3.8, 4) is 11.5 Å². The van der Waals surface area contributed by atoms with E-state index in [4.69, 9.17) is 47.4 Å².